The van der Waals surface area contributed by atoms with Crippen LogP contribution in [0.2, 0.25) is 0 Å². The van der Waals surface area contributed by atoms with Crippen LogP contribution in [0.25, 0.3) is 0 Å². The first-order chi connectivity index (χ1) is 9.93. The molecule has 0 amide bonds. The number of carbonyl (C=O) groups excluding carboxylic acids is 1. The monoisotopic (exact) mass is 289 g/mol. The van der Waals surface area contributed by atoms with Crippen LogP contribution >= 0.6 is 0 Å². The van der Waals surface area contributed by atoms with Gasteiger partial charge in [0.25, 0.3) is 0 Å². The molecule has 4 nitrogen and oxygen atoms in total. The van der Waals surface area contributed by atoms with Gasteiger partial charge in [-0.1, -0.05) is 36.8 Å². The highest BCUT2D eigenvalue weighted by molar-refractivity contribution is 5.82. The van der Waals surface area contributed by atoms with Crippen LogP contribution in [0.5, 0.6) is 0 Å². The van der Waals surface area contributed by atoms with E-state index in [9.17, 15) is 9.90 Å². The minimum absolute atomic E-state index is 0.0829. The summed E-state index contributed by atoms with van der Waals surface area (Å²) in [7, 11) is 0. The summed E-state index contributed by atoms with van der Waals surface area (Å²) in [6, 6.07) is 7.16. The second-order valence-electron chi connectivity index (χ2n) is 4.97. The molecule has 1 aromatic carbocycles. The summed E-state index contributed by atoms with van der Waals surface area (Å²) in [6.45, 7) is 5.92. The molecule has 114 valence electrons. The summed E-state index contributed by atoms with van der Waals surface area (Å²) in [5.41, 5.74) is 8.01. The number of rotatable bonds is 6. The average molecular weight is 289 g/mol. The van der Waals surface area contributed by atoms with Crippen LogP contribution < -0.4 is 5.73 Å². The van der Waals surface area contributed by atoms with E-state index in [1.165, 1.54) is 6.08 Å². The van der Waals surface area contributed by atoms with E-state index >= 15 is 0 Å². The van der Waals surface area contributed by atoms with Gasteiger partial charge >= 0.3 is 5.97 Å². The van der Waals surface area contributed by atoms with Crippen molar-refractivity contribution in [2.45, 2.75) is 26.9 Å². The van der Waals surface area contributed by atoms with Crippen molar-refractivity contribution >= 4 is 11.7 Å². The second-order valence-corrected chi connectivity index (χ2v) is 4.97. The van der Waals surface area contributed by atoms with Gasteiger partial charge in [0.05, 0.1) is 12.7 Å². The first-order valence-corrected chi connectivity index (χ1v) is 7.00. The number of ether oxygens (including phenoxy) is 1. The number of hydrogen-bond donors (Lipinski definition) is 2. The molecule has 0 aliphatic rings. The van der Waals surface area contributed by atoms with Crippen LogP contribution in [-0.2, 0) is 9.53 Å². The predicted molar refractivity (Wildman–Crippen MR) is 84.5 cm³/mol. The number of hydrogen-bond acceptors (Lipinski definition) is 4. The van der Waals surface area contributed by atoms with Gasteiger partial charge in [-0.25, -0.2) is 4.79 Å². The molecule has 0 spiro atoms. The quantitative estimate of drug-likeness (QED) is 0.365. The lowest BCUT2D eigenvalue weighted by atomic mass is 9.95. The zero-order valence-corrected chi connectivity index (χ0v) is 12.7. The fourth-order valence-corrected chi connectivity index (χ4v) is 1.95. The van der Waals surface area contributed by atoms with E-state index < -0.39 is 6.10 Å². The van der Waals surface area contributed by atoms with Crippen LogP contribution in [0.15, 0.2) is 48.1 Å². The van der Waals surface area contributed by atoms with Gasteiger partial charge in [0.1, 0.15) is 0 Å². The molecule has 3 N–H and O–H groups in total. The fourth-order valence-electron chi connectivity index (χ4n) is 1.95. The highest BCUT2D eigenvalue weighted by Crippen LogP contribution is 2.24. The number of aliphatic hydroxyl groups is 1. The summed E-state index contributed by atoms with van der Waals surface area (Å²) in [5, 5.41) is 10.3. The van der Waals surface area contributed by atoms with Crippen LogP contribution in [0.1, 0.15) is 32.4 Å². The number of esters is 1. The number of nitrogen functional groups attached to an aromatic ring is 1. The van der Waals surface area contributed by atoms with Gasteiger partial charge in [0.15, 0.2) is 0 Å². The lowest BCUT2D eigenvalue weighted by Crippen LogP contribution is -2.07. The lowest BCUT2D eigenvalue weighted by Gasteiger charge is -2.16. The molecule has 0 saturated carbocycles. The number of anilines is 1. The predicted octanol–water partition coefficient (Wildman–Crippen LogP) is 3.00. The molecule has 1 rings (SSSR count). The molecule has 0 aliphatic carbocycles. The van der Waals surface area contributed by atoms with E-state index in [0.717, 1.165) is 11.1 Å². The number of nitrogens with two attached hydrogens (primary N) is 1. The Kier molecular flexibility index (Phi) is 6.69. The number of carbonyl (C=O) groups is 1. The molecule has 0 saturated heterocycles. The number of aliphatic hydroxyl groups excluding tert-OH is 1. The Morgan fingerprint density at radius 2 is 1.95 bits per heavy atom. The Labute approximate surface area is 125 Å². The maximum atomic E-state index is 11.2. The molecule has 0 bridgehead atoms. The third kappa shape index (κ3) is 5.83. The van der Waals surface area contributed by atoms with E-state index in [0.29, 0.717) is 12.3 Å². The summed E-state index contributed by atoms with van der Waals surface area (Å²) in [6.07, 6.45) is 4.37. The maximum Gasteiger partial charge on any atom is 0.330 e. The molecule has 21 heavy (non-hydrogen) atoms. The van der Waals surface area contributed by atoms with Gasteiger partial charge in [0.2, 0.25) is 0 Å². The molecule has 0 aromatic heterocycles. The van der Waals surface area contributed by atoms with Crippen molar-refractivity contribution < 1.29 is 14.6 Å². The van der Waals surface area contributed by atoms with E-state index in [-0.39, 0.29) is 11.9 Å². The average Bonchev–Trinajstić information content (AvgIpc) is 2.45. The van der Waals surface area contributed by atoms with Crippen molar-refractivity contribution in [3.63, 3.8) is 0 Å². The minimum atomic E-state index is -0.614. The normalized spacial score (nSPS) is 15.0. The van der Waals surface area contributed by atoms with Gasteiger partial charge in [-0.3, -0.25) is 0 Å². The summed E-state index contributed by atoms with van der Waals surface area (Å²) >= 11 is 0. The number of allylic oxidation sites excluding steroid dienone is 2. The van der Waals surface area contributed by atoms with Crippen molar-refractivity contribution in [2.75, 3.05) is 12.3 Å². The Bertz CT molecular complexity index is 517. The second kappa shape index (κ2) is 8.27. The molecular formula is C17H23NO3. The molecule has 2 atom stereocenters. The zero-order chi connectivity index (χ0) is 15.8. The molecule has 4 heteroatoms. The Morgan fingerprint density at radius 1 is 1.33 bits per heavy atom. The topological polar surface area (TPSA) is 72.5 Å². The zero-order valence-electron chi connectivity index (χ0n) is 12.7. The van der Waals surface area contributed by atoms with Crippen molar-refractivity contribution in [1.29, 1.82) is 0 Å². The molecule has 0 aliphatic heterocycles. The van der Waals surface area contributed by atoms with Crippen molar-refractivity contribution in [3.05, 3.63) is 53.6 Å². The van der Waals surface area contributed by atoms with Crippen LogP contribution in [0.4, 0.5) is 5.69 Å². The molecular weight excluding hydrogens is 266 g/mol. The Balaban J connectivity index is 2.69. The van der Waals surface area contributed by atoms with Crippen molar-refractivity contribution in [2.24, 2.45) is 5.92 Å². The van der Waals surface area contributed by atoms with Gasteiger partial charge < -0.3 is 15.6 Å². The van der Waals surface area contributed by atoms with Gasteiger partial charge in [-0.15, -0.1) is 0 Å². The molecule has 0 radical (unpaired) electrons. The van der Waals surface area contributed by atoms with E-state index in [1.807, 2.05) is 32.1 Å². The molecule has 2 unspecified atom stereocenters. The highest BCUT2D eigenvalue weighted by Gasteiger charge is 2.14. The van der Waals surface area contributed by atoms with E-state index in [4.69, 9.17) is 10.5 Å². The smallest absolute Gasteiger partial charge is 0.330 e. The third-order valence-electron chi connectivity index (χ3n) is 3.07. The van der Waals surface area contributed by atoms with Gasteiger partial charge in [0, 0.05) is 17.7 Å². The van der Waals surface area contributed by atoms with Gasteiger partial charge in [-0.05, 0) is 31.5 Å². The largest absolute Gasteiger partial charge is 0.463 e. The Morgan fingerprint density at radius 3 is 2.52 bits per heavy atom. The van der Waals surface area contributed by atoms with Gasteiger partial charge in [-0.2, -0.15) is 0 Å². The maximum absolute atomic E-state index is 11.2. The summed E-state index contributed by atoms with van der Waals surface area (Å²) < 4.78 is 4.81. The minimum Gasteiger partial charge on any atom is -0.463 e. The first-order valence-electron chi connectivity index (χ1n) is 7.00. The molecule has 1 aromatic rings. The Hall–Kier alpha value is -2.07. The molecule has 0 heterocycles. The lowest BCUT2D eigenvalue weighted by molar-refractivity contribution is -0.137. The summed E-state index contributed by atoms with van der Waals surface area (Å²) in [4.78, 5) is 11.2. The van der Waals surface area contributed by atoms with Crippen molar-refractivity contribution in [3.8, 4) is 0 Å². The SMILES string of the molecule is CCOC(=O)C=CC(C)=CC(C)C(O)c1ccc(N)cc1. The first kappa shape index (κ1) is 17.0. The standard InChI is InChI=1S/C17H23NO3/c1-4-21-16(19)10-5-12(2)11-13(3)17(20)14-6-8-15(18)9-7-14/h5-11,13,17,20H,4,18H2,1-3H3. The highest BCUT2D eigenvalue weighted by atomic mass is 16.5. The van der Waals surface area contributed by atoms with Crippen LogP contribution in [-0.4, -0.2) is 17.7 Å². The van der Waals surface area contributed by atoms with Crippen LogP contribution in [0, 0.1) is 5.92 Å². The van der Waals surface area contributed by atoms with Crippen molar-refractivity contribution in [1.82, 2.24) is 0 Å². The van der Waals surface area contributed by atoms with E-state index in [2.05, 4.69) is 0 Å². The summed E-state index contributed by atoms with van der Waals surface area (Å²) in [5.74, 6) is -0.447. The van der Waals surface area contributed by atoms with Crippen LogP contribution in [0.3, 0.4) is 0 Å². The van der Waals surface area contributed by atoms with E-state index in [1.54, 1.807) is 25.1 Å². The fraction of sp³-hybridized carbons (Fsp3) is 0.353. The molecule has 0 fully saturated rings. The number of benzene rings is 1. The third-order valence-corrected chi connectivity index (χ3v) is 3.07.